The summed E-state index contributed by atoms with van der Waals surface area (Å²) in [4.78, 5) is 13.4. The number of aromatic nitrogens is 1. The van der Waals surface area contributed by atoms with E-state index < -0.39 is 0 Å². The second-order valence-corrected chi connectivity index (χ2v) is 6.12. The third kappa shape index (κ3) is 4.81. The third-order valence-electron chi connectivity index (χ3n) is 3.79. The van der Waals surface area contributed by atoms with Crippen LogP contribution in [0.3, 0.4) is 0 Å². The molecule has 0 spiro atoms. The summed E-state index contributed by atoms with van der Waals surface area (Å²) in [6, 6.07) is 10.6. The van der Waals surface area contributed by atoms with Gasteiger partial charge in [0.2, 0.25) is 0 Å². The van der Waals surface area contributed by atoms with Crippen LogP contribution in [0.1, 0.15) is 5.01 Å². The van der Waals surface area contributed by atoms with Crippen molar-refractivity contribution in [3.05, 3.63) is 46.9 Å². The normalized spacial score (nSPS) is 15.3. The summed E-state index contributed by atoms with van der Waals surface area (Å²) in [6.07, 6.45) is 1.84. The van der Waals surface area contributed by atoms with Gasteiger partial charge < -0.3 is 15.1 Å². The highest BCUT2D eigenvalue weighted by Crippen LogP contribution is 2.15. The molecular formula is C16H22IN5S. The smallest absolute Gasteiger partial charge is 0.194 e. The number of guanidine groups is 1. The average molecular weight is 443 g/mol. The SMILES string of the molecule is CN=C(NCc1nccs1)N1CCN(c2ccccc2)CC1.I. The first kappa shape index (κ1) is 18.0. The number of halogens is 1. The average Bonchev–Trinajstić information content (AvgIpc) is 3.10. The second-order valence-electron chi connectivity index (χ2n) is 5.14. The van der Waals surface area contributed by atoms with E-state index in [0.29, 0.717) is 0 Å². The molecule has 1 aliphatic rings. The topological polar surface area (TPSA) is 43.8 Å². The fourth-order valence-corrected chi connectivity index (χ4v) is 3.20. The van der Waals surface area contributed by atoms with Crippen LogP contribution in [-0.2, 0) is 6.54 Å². The number of rotatable bonds is 3. The summed E-state index contributed by atoms with van der Waals surface area (Å²) in [7, 11) is 1.84. The Kier molecular flexibility index (Phi) is 7.10. The Bertz CT molecular complexity index is 594. The lowest BCUT2D eigenvalue weighted by Gasteiger charge is -2.37. The lowest BCUT2D eigenvalue weighted by Crippen LogP contribution is -2.52. The maximum Gasteiger partial charge on any atom is 0.194 e. The summed E-state index contributed by atoms with van der Waals surface area (Å²) in [5.41, 5.74) is 1.30. The minimum Gasteiger partial charge on any atom is -0.368 e. The van der Waals surface area contributed by atoms with Gasteiger partial charge in [-0.2, -0.15) is 0 Å². The molecule has 2 heterocycles. The first-order valence-corrected chi connectivity index (χ1v) is 8.39. The molecule has 0 bridgehead atoms. The van der Waals surface area contributed by atoms with Gasteiger partial charge in [-0.1, -0.05) is 18.2 Å². The molecule has 0 aliphatic carbocycles. The quantitative estimate of drug-likeness (QED) is 0.450. The number of anilines is 1. The van der Waals surface area contributed by atoms with Gasteiger partial charge in [0, 0.05) is 50.5 Å². The highest BCUT2D eigenvalue weighted by molar-refractivity contribution is 14.0. The summed E-state index contributed by atoms with van der Waals surface area (Å²) in [5, 5.41) is 6.49. The van der Waals surface area contributed by atoms with Crippen LogP contribution in [-0.4, -0.2) is 49.1 Å². The van der Waals surface area contributed by atoms with Crippen LogP contribution in [0.5, 0.6) is 0 Å². The van der Waals surface area contributed by atoms with Gasteiger partial charge in [-0.3, -0.25) is 4.99 Å². The molecule has 0 unspecified atom stereocenters. The largest absolute Gasteiger partial charge is 0.368 e. The zero-order valence-corrected chi connectivity index (χ0v) is 16.3. The van der Waals surface area contributed by atoms with E-state index in [4.69, 9.17) is 0 Å². The van der Waals surface area contributed by atoms with Gasteiger partial charge in [-0.25, -0.2) is 4.98 Å². The van der Waals surface area contributed by atoms with Gasteiger partial charge in [0.15, 0.2) is 5.96 Å². The molecule has 2 aromatic rings. The number of thiazole rings is 1. The first-order valence-electron chi connectivity index (χ1n) is 7.51. The van der Waals surface area contributed by atoms with Crippen LogP contribution in [0.25, 0.3) is 0 Å². The van der Waals surface area contributed by atoms with Crippen molar-refractivity contribution >= 4 is 47.0 Å². The van der Waals surface area contributed by atoms with Crippen molar-refractivity contribution in [3.63, 3.8) is 0 Å². The number of aliphatic imine (C=N–C) groups is 1. The predicted molar refractivity (Wildman–Crippen MR) is 108 cm³/mol. The number of para-hydroxylation sites is 1. The lowest BCUT2D eigenvalue weighted by atomic mass is 10.2. The molecule has 0 amide bonds. The van der Waals surface area contributed by atoms with Crippen molar-refractivity contribution in [1.29, 1.82) is 0 Å². The van der Waals surface area contributed by atoms with Gasteiger partial charge in [-0.05, 0) is 12.1 Å². The van der Waals surface area contributed by atoms with Crippen LogP contribution < -0.4 is 10.2 Å². The minimum atomic E-state index is 0. The maximum atomic E-state index is 4.40. The van der Waals surface area contributed by atoms with Crippen molar-refractivity contribution < 1.29 is 0 Å². The Morgan fingerprint density at radius 2 is 1.96 bits per heavy atom. The first-order chi connectivity index (χ1) is 10.9. The Balaban J connectivity index is 0.00000192. The van der Waals surface area contributed by atoms with Gasteiger partial charge in [0.05, 0.1) is 6.54 Å². The zero-order valence-electron chi connectivity index (χ0n) is 13.2. The van der Waals surface area contributed by atoms with Gasteiger partial charge in [0.1, 0.15) is 5.01 Å². The van der Waals surface area contributed by atoms with E-state index in [1.165, 1.54) is 5.69 Å². The maximum absolute atomic E-state index is 4.40. The molecule has 1 aromatic carbocycles. The lowest BCUT2D eigenvalue weighted by molar-refractivity contribution is 0.372. The summed E-state index contributed by atoms with van der Waals surface area (Å²) in [5.74, 6) is 0.961. The number of benzene rings is 1. The monoisotopic (exact) mass is 443 g/mol. The van der Waals surface area contributed by atoms with E-state index in [0.717, 1.165) is 43.7 Å². The van der Waals surface area contributed by atoms with Gasteiger partial charge in [0.25, 0.3) is 0 Å². The fourth-order valence-electron chi connectivity index (χ4n) is 2.64. The molecule has 7 heteroatoms. The number of hydrogen-bond donors (Lipinski definition) is 1. The van der Waals surface area contributed by atoms with E-state index in [2.05, 4.69) is 55.4 Å². The fraction of sp³-hybridized carbons (Fsp3) is 0.375. The van der Waals surface area contributed by atoms with E-state index in [1.807, 2.05) is 18.6 Å². The van der Waals surface area contributed by atoms with Crippen LogP contribution in [0.4, 0.5) is 5.69 Å². The molecule has 0 saturated carbocycles. The standard InChI is InChI=1S/C16H21N5S.HI/c1-17-16(19-13-15-18-7-12-22-15)21-10-8-20(9-11-21)14-5-3-2-4-6-14;/h2-7,12H,8-11,13H2,1H3,(H,17,19);1H. The molecule has 23 heavy (non-hydrogen) atoms. The Labute approximate surface area is 158 Å². The van der Waals surface area contributed by atoms with Crippen LogP contribution in [0, 0.1) is 0 Å². The van der Waals surface area contributed by atoms with Crippen molar-refractivity contribution in [2.45, 2.75) is 6.54 Å². The Hall–Kier alpha value is -1.35. The predicted octanol–water partition coefficient (Wildman–Crippen LogP) is 2.66. The molecule has 1 fully saturated rings. The number of piperazine rings is 1. The van der Waals surface area contributed by atoms with Crippen LogP contribution in [0.15, 0.2) is 46.9 Å². The molecule has 1 aliphatic heterocycles. The molecule has 124 valence electrons. The number of hydrogen-bond acceptors (Lipinski definition) is 4. The second kappa shape index (κ2) is 9.07. The molecule has 1 aromatic heterocycles. The van der Waals surface area contributed by atoms with E-state index in [9.17, 15) is 0 Å². The Morgan fingerprint density at radius 3 is 2.57 bits per heavy atom. The third-order valence-corrected chi connectivity index (χ3v) is 4.57. The van der Waals surface area contributed by atoms with Gasteiger partial charge in [-0.15, -0.1) is 35.3 Å². The molecule has 1 N–H and O–H groups in total. The van der Waals surface area contributed by atoms with Crippen molar-refractivity contribution in [2.75, 3.05) is 38.1 Å². The highest BCUT2D eigenvalue weighted by Gasteiger charge is 2.19. The summed E-state index contributed by atoms with van der Waals surface area (Å²) >= 11 is 1.66. The number of nitrogens with zero attached hydrogens (tertiary/aromatic N) is 4. The van der Waals surface area contributed by atoms with Gasteiger partial charge >= 0.3 is 0 Å². The summed E-state index contributed by atoms with van der Waals surface area (Å²) < 4.78 is 0. The molecule has 0 atom stereocenters. The summed E-state index contributed by atoms with van der Waals surface area (Å²) in [6.45, 7) is 4.73. The van der Waals surface area contributed by atoms with Crippen molar-refractivity contribution in [3.8, 4) is 0 Å². The van der Waals surface area contributed by atoms with Crippen molar-refractivity contribution in [2.24, 2.45) is 4.99 Å². The minimum absolute atomic E-state index is 0. The molecule has 0 radical (unpaired) electrons. The number of nitrogens with one attached hydrogen (secondary N) is 1. The van der Waals surface area contributed by atoms with E-state index >= 15 is 0 Å². The highest BCUT2D eigenvalue weighted by atomic mass is 127. The van der Waals surface area contributed by atoms with Crippen molar-refractivity contribution in [1.82, 2.24) is 15.2 Å². The van der Waals surface area contributed by atoms with E-state index in [-0.39, 0.29) is 24.0 Å². The molecule has 5 nitrogen and oxygen atoms in total. The van der Waals surface area contributed by atoms with Crippen LogP contribution >= 0.6 is 35.3 Å². The molecular weight excluding hydrogens is 421 g/mol. The molecule has 1 saturated heterocycles. The zero-order chi connectivity index (χ0) is 15.2. The van der Waals surface area contributed by atoms with Crippen LogP contribution in [0.2, 0.25) is 0 Å². The Morgan fingerprint density at radius 1 is 1.22 bits per heavy atom. The molecule has 3 rings (SSSR count). The van der Waals surface area contributed by atoms with E-state index in [1.54, 1.807) is 11.3 Å².